The molecule has 3 nitrogen and oxygen atoms in total. The number of aromatic nitrogens is 1. The molecule has 1 aromatic heterocycles. The van der Waals surface area contributed by atoms with E-state index in [4.69, 9.17) is 27.9 Å². The van der Waals surface area contributed by atoms with Crippen molar-refractivity contribution in [2.45, 2.75) is 20.4 Å². The lowest BCUT2D eigenvalue weighted by Gasteiger charge is -2.13. The van der Waals surface area contributed by atoms with Crippen LogP contribution in [0.2, 0.25) is 10.0 Å². The zero-order chi connectivity index (χ0) is 15.6. The number of benzene rings is 1. The SMILES string of the molecule is COc1c(C)cnc(CNc2cc(Cl)c(F)c(Cl)c2)c1C. The van der Waals surface area contributed by atoms with Crippen molar-refractivity contribution in [1.29, 1.82) is 0 Å². The quantitative estimate of drug-likeness (QED) is 0.821. The van der Waals surface area contributed by atoms with Crippen LogP contribution in [-0.2, 0) is 6.54 Å². The van der Waals surface area contributed by atoms with Gasteiger partial charge < -0.3 is 10.1 Å². The Morgan fingerprint density at radius 2 is 1.86 bits per heavy atom. The van der Waals surface area contributed by atoms with Gasteiger partial charge >= 0.3 is 0 Å². The van der Waals surface area contributed by atoms with Crippen molar-refractivity contribution >= 4 is 28.9 Å². The molecule has 1 N–H and O–H groups in total. The number of nitrogens with one attached hydrogen (secondary N) is 1. The first-order valence-corrected chi connectivity index (χ1v) is 7.07. The van der Waals surface area contributed by atoms with Crippen molar-refractivity contribution in [2.75, 3.05) is 12.4 Å². The van der Waals surface area contributed by atoms with E-state index in [1.165, 1.54) is 12.1 Å². The highest BCUT2D eigenvalue weighted by atomic mass is 35.5. The zero-order valence-electron chi connectivity index (χ0n) is 11.9. The van der Waals surface area contributed by atoms with Crippen molar-refractivity contribution in [1.82, 2.24) is 4.98 Å². The van der Waals surface area contributed by atoms with Crippen molar-refractivity contribution in [3.8, 4) is 5.75 Å². The van der Waals surface area contributed by atoms with Gasteiger partial charge in [0.05, 0.1) is 29.4 Å². The Labute approximate surface area is 133 Å². The largest absolute Gasteiger partial charge is 0.496 e. The van der Waals surface area contributed by atoms with E-state index < -0.39 is 5.82 Å². The third kappa shape index (κ3) is 3.39. The number of rotatable bonds is 4. The second-order valence-electron chi connectivity index (χ2n) is 4.65. The maximum atomic E-state index is 13.4. The average molecular weight is 329 g/mol. The molecule has 2 aromatic rings. The fourth-order valence-corrected chi connectivity index (χ4v) is 2.58. The summed E-state index contributed by atoms with van der Waals surface area (Å²) < 4.78 is 18.7. The van der Waals surface area contributed by atoms with Crippen LogP contribution in [0, 0.1) is 19.7 Å². The molecule has 0 radical (unpaired) electrons. The molecule has 6 heteroatoms. The molecule has 0 bridgehead atoms. The summed E-state index contributed by atoms with van der Waals surface area (Å²) in [6, 6.07) is 2.98. The van der Waals surface area contributed by atoms with E-state index in [-0.39, 0.29) is 10.0 Å². The highest BCUT2D eigenvalue weighted by molar-refractivity contribution is 6.35. The summed E-state index contributed by atoms with van der Waals surface area (Å²) in [4.78, 5) is 4.38. The van der Waals surface area contributed by atoms with Gasteiger partial charge in [0.25, 0.3) is 0 Å². The summed E-state index contributed by atoms with van der Waals surface area (Å²) in [5.41, 5.74) is 3.41. The first-order valence-electron chi connectivity index (χ1n) is 6.31. The first-order chi connectivity index (χ1) is 9.93. The Balaban J connectivity index is 2.21. The van der Waals surface area contributed by atoms with Crippen molar-refractivity contribution in [2.24, 2.45) is 0 Å². The van der Waals surface area contributed by atoms with E-state index in [0.717, 1.165) is 22.6 Å². The topological polar surface area (TPSA) is 34.1 Å². The van der Waals surface area contributed by atoms with Gasteiger partial charge in [-0.3, -0.25) is 4.98 Å². The van der Waals surface area contributed by atoms with Crippen LogP contribution in [0.15, 0.2) is 18.3 Å². The van der Waals surface area contributed by atoms with E-state index in [0.29, 0.717) is 12.2 Å². The molecule has 0 spiro atoms. The summed E-state index contributed by atoms with van der Waals surface area (Å²) in [5.74, 6) is 0.201. The molecule has 0 aliphatic carbocycles. The Hall–Kier alpha value is -1.52. The van der Waals surface area contributed by atoms with Gasteiger partial charge in [0.15, 0.2) is 5.82 Å². The fourth-order valence-electron chi connectivity index (χ4n) is 2.09. The fraction of sp³-hybridized carbons (Fsp3) is 0.267. The molecule has 0 unspecified atom stereocenters. The van der Waals surface area contributed by atoms with Gasteiger partial charge in [-0.15, -0.1) is 0 Å². The maximum Gasteiger partial charge on any atom is 0.160 e. The molecule has 0 saturated carbocycles. The van der Waals surface area contributed by atoms with E-state index >= 15 is 0 Å². The van der Waals surface area contributed by atoms with Crippen molar-refractivity contribution in [3.05, 3.63) is 51.0 Å². The monoisotopic (exact) mass is 328 g/mol. The molecule has 0 aliphatic heterocycles. The van der Waals surface area contributed by atoms with Crippen LogP contribution in [0.5, 0.6) is 5.75 Å². The third-order valence-corrected chi connectivity index (χ3v) is 3.74. The van der Waals surface area contributed by atoms with E-state index in [9.17, 15) is 4.39 Å². The van der Waals surface area contributed by atoms with Crippen LogP contribution in [0.4, 0.5) is 10.1 Å². The van der Waals surface area contributed by atoms with Gasteiger partial charge in [-0.05, 0) is 26.0 Å². The zero-order valence-corrected chi connectivity index (χ0v) is 13.4. The van der Waals surface area contributed by atoms with Gasteiger partial charge in [0, 0.05) is 23.0 Å². The molecule has 0 aliphatic rings. The van der Waals surface area contributed by atoms with Gasteiger partial charge in [-0.1, -0.05) is 23.2 Å². The average Bonchev–Trinajstić information content (AvgIpc) is 2.44. The first kappa shape index (κ1) is 15.9. The summed E-state index contributed by atoms with van der Waals surface area (Å²) in [7, 11) is 1.63. The number of pyridine rings is 1. The lowest BCUT2D eigenvalue weighted by Crippen LogP contribution is -2.06. The van der Waals surface area contributed by atoms with E-state index in [1.54, 1.807) is 13.3 Å². The maximum absolute atomic E-state index is 13.4. The van der Waals surface area contributed by atoms with Gasteiger partial charge in [-0.2, -0.15) is 0 Å². The summed E-state index contributed by atoms with van der Waals surface area (Å²) >= 11 is 11.5. The molecule has 1 aromatic carbocycles. The van der Waals surface area contributed by atoms with E-state index in [1.807, 2.05) is 13.8 Å². The Bertz CT molecular complexity index is 654. The van der Waals surface area contributed by atoms with Gasteiger partial charge in [0.1, 0.15) is 5.75 Å². The van der Waals surface area contributed by atoms with Crippen molar-refractivity contribution < 1.29 is 9.13 Å². The number of hydrogen-bond donors (Lipinski definition) is 1. The molecule has 112 valence electrons. The summed E-state index contributed by atoms with van der Waals surface area (Å²) in [6.07, 6.45) is 1.76. The van der Waals surface area contributed by atoms with Crippen LogP contribution in [0.25, 0.3) is 0 Å². The number of anilines is 1. The summed E-state index contributed by atoms with van der Waals surface area (Å²) in [5, 5.41) is 3.09. The normalized spacial score (nSPS) is 10.6. The Morgan fingerprint density at radius 1 is 1.24 bits per heavy atom. The van der Waals surface area contributed by atoms with E-state index in [2.05, 4.69) is 10.3 Å². The molecule has 2 rings (SSSR count). The smallest absolute Gasteiger partial charge is 0.160 e. The van der Waals surface area contributed by atoms with Crippen LogP contribution >= 0.6 is 23.2 Å². The Morgan fingerprint density at radius 3 is 2.43 bits per heavy atom. The minimum Gasteiger partial charge on any atom is -0.496 e. The van der Waals surface area contributed by atoms with Gasteiger partial charge in [0.2, 0.25) is 0 Å². The molecular formula is C15H15Cl2FN2O. The Kier molecular flexibility index (Phi) is 4.91. The molecule has 0 amide bonds. The lowest BCUT2D eigenvalue weighted by molar-refractivity contribution is 0.407. The predicted molar refractivity (Wildman–Crippen MR) is 84.0 cm³/mol. The van der Waals surface area contributed by atoms with Crippen molar-refractivity contribution in [3.63, 3.8) is 0 Å². The lowest BCUT2D eigenvalue weighted by atomic mass is 10.1. The highest BCUT2D eigenvalue weighted by Gasteiger charge is 2.11. The molecule has 1 heterocycles. The van der Waals surface area contributed by atoms with Crippen LogP contribution < -0.4 is 10.1 Å². The molecular weight excluding hydrogens is 314 g/mol. The van der Waals surface area contributed by atoms with Crippen LogP contribution in [0.1, 0.15) is 16.8 Å². The number of methoxy groups -OCH3 is 1. The van der Waals surface area contributed by atoms with Crippen LogP contribution in [-0.4, -0.2) is 12.1 Å². The van der Waals surface area contributed by atoms with Gasteiger partial charge in [-0.25, -0.2) is 4.39 Å². The number of nitrogens with zero attached hydrogens (tertiary/aromatic N) is 1. The minimum atomic E-state index is -0.616. The van der Waals surface area contributed by atoms with Crippen LogP contribution in [0.3, 0.4) is 0 Å². The standard InChI is InChI=1S/C15H15Cl2FN2O/c1-8-6-20-13(9(2)15(8)21-3)7-19-10-4-11(16)14(18)12(17)5-10/h4-6,19H,7H2,1-3H3. The number of hydrogen-bond acceptors (Lipinski definition) is 3. The molecule has 0 fully saturated rings. The highest BCUT2D eigenvalue weighted by Crippen LogP contribution is 2.28. The second kappa shape index (κ2) is 6.50. The molecule has 0 saturated heterocycles. The number of ether oxygens (including phenoxy) is 1. The molecule has 21 heavy (non-hydrogen) atoms. The predicted octanol–water partition coefficient (Wildman–Crippen LogP) is 4.77. The molecule has 0 atom stereocenters. The second-order valence-corrected chi connectivity index (χ2v) is 5.47. The third-order valence-electron chi connectivity index (χ3n) is 3.19. The number of halogens is 3. The number of aryl methyl sites for hydroxylation is 1. The summed E-state index contributed by atoms with van der Waals surface area (Å²) in [6.45, 7) is 4.34. The minimum absolute atomic E-state index is 0.0174.